The predicted octanol–water partition coefficient (Wildman–Crippen LogP) is 4.82. The molecule has 3 aromatic rings. The summed E-state index contributed by atoms with van der Waals surface area (Å²) in [6, 6.07) is 16.5. The summed E-state index contributed by atoms with van der Waals surface area (Å²) in [7, 11) is 0. The van der Waals surface area contributed by atoms with Crippen LogP contribution in [0.3, 0.4) is 0 Å². The normalized spacial score (nSPS) is 13.0. The van der Waals surface area contributed by atoms with Crippen LogP contribution in [-0.4, -0.2) is 27.9 Å². The Balaban J connectivity index is 1.50. The number of carbonyl (C=O) groups excluding carboxylic acids is 1. The second kappa shape index (κ2) is 9.66. The van der Waals surface area contributed by atoms with Crippen LogP contribution in [0.25, 0.3) is 0 Å². The third kappa shape index (κ3) is 5.53. The summed E-state index contributed by atoms with van der Waals surface area (Å²) in [6.07, 6.45) is 0. The van der Waals surface area contributed by atoms with E-state index < -0.39 is 0 Å². The number of amides is 1. The first-order chi connectivity index (χ1) is 13.5. The van der Waals surface area contributed by atoms with Crippen molar-refractivity contribution < 1.29 is 9.18 Å². The van der Waals surface area contributed by atoms with Gasteiger partial charge >= 0.3 is 0 Å². The summed E-state index contributed by atoms with van der Waals surface area (Å²) in [6.45, 7) is 4.49. The van der Waals surface area contributed by atoms with E-state index >= 15 is 0 Å². The van der Waals surface area contributed by atoms with Gasteiger partial charge in [0.05, 0.1) is 10.9 Å². The maximum absolute atomic E-state index is 13.7. The zero-order valence-electron chi connectivity index (χ0n) is 15.6. The lowest BCUT2D eigenvalue weighted by Gasteiger charge is -2.15. The predicted molar refractivity (Wildman–Crippen MR) is 113 cm³/mol. The van der Waals surface area contributed by atoms with Gasteiger partial charge in [0.1, 0.15) is 5.82 Å². The van der Waals surface area contributed by atoms with E-state index in [0.29, 0.717) is 21.7 Å². The average Bonchev–Trinajstić information content (AvgIpc) is 3.15. The van der Waals surface area contributed by atoms with Gasteiger partial charge in [-0.1, -0.05) is 72.5 Å². The van der Waals surface area contributed by atoms with Crippen LogP contribution >= 0.6 is 23.1 Å². The molecule has 146 valence electrons. The van der Waals surface area contributed by atoms with Crippen LogP contribution in [0.2, 0.25) is 0 Å². The molecule has 0 aliphatic carbocycles. The zero-order valence-corrected chi connectivity index (χ0v) is 17.2. The monoisotopic (exact) mass is 416 g/mol. The van der Waals surface area contributed by atoms with Crippen LogP contribution < -0.4 is 10.6 Å². The van der Waals surface area contributed by atoms with Crippen molar-refractivity contribution in [3.8, 4) is 0 Å². The highest BCUT2D eigenvalue weighted by Gasteiger charge is 2.18. The van der Waals surface area contributed by atoms with Crippen LogP contribution in [0.5, 0.6) is 0 Å². The first kappa shape index (κ1) is 20.3. The minimum absolute atomic E-state index is 0.0494. The van der Waals surface area contributed by atoms with E-state index in [4.69, 9.17) is 0 Å². The van der Waals surface area contributed by atoms with Crippen molar-refractivity contribution in [3.63, 3.8) is 0 Å². The first-order valence-electron chi connectivity index (χ1n) is 8.87. The maximum Gasteiger partial charge on any atom is 0.233 e. The number of nitrogens with zero attached hydrogens (tertiary/aromatic N) is 2. The molecular formula is C20H21FN4OS2. The molecule has 28 heavy (non-hydrogen) atoms. The standard InChI is InChI=1S/C20H21FN4OS2/c1-13(15-8-4-3-5-9-15)12-22-18(26)14(2)27-20-25-24-19(28-20)23-17-11-7-6-10-16(17)21/h3-11,13-14H,12H2,1-2H3,(H,22,26)(H,23,24). The van der Waals surface area contributed by atoms with Crippen molar-refractivity contribution in [2.45, 2.75) is 29.4 Å². The van der Waals surface area contributed by atoms with Crippen LogP contribution in [0.4, 0.5) is 15.2 Å². The molecule has 2 atom stereocenters. The summed E-state index contributed by atoms with van der Waals surface area (Å²) < 4.78 is 14.4. The molecule has 2 unspecified atom stereocenters. The molecule has 0 saturated carbocycles. The minimum atomic E-state index is -0.354. The number of benzene rings is 2. The minimum Gasteiger partial charge on any atom is -0.355 e. The highest BCUT2D eigenvalue weighted by atomic mass is 32.2. The van der Waals surface area contributed by atoms with Crippen molar-refractivity contribution in [1.82, 2.24) is 15.5 Å². The molecular weight excluding hydrogens is 395 g/mol. The van der Waals surface area contributed by atoms with Crippen LogP contribution in [0.1, 0.15) is 25.3 Å². The van der Waals surface area contributed by atoms with E-state index in [0.717, 1.165) is 0 Å². The Labute approximate surface area is 171 Å². The number of carbonyl (C=O) groups is 1. The van der Waals surface area contributed by atoms with Crippen molar-refractivity contribution >= 4 is 39.8 Å². The number of thioether (sulfide) groups is 1. The third-order valence-electron chi connectivity index (χ3n) is 4.12. The fraction of sp³-hybridized carbons (Fsp3) is 0.250. The maximum atomic E-state index is 13.7. The highest BCUT2D eigenvalue weighted by molar-refractivity contribution is 8.02. The second-order valence-electron chi connectivity index (χ2n) is 6.29. The Hall–Kier alpha value is -2.45. The number of halogens is 1. The van der Waals surface area contributed by atoms with E-state index in [1.165, 1.54) is 34.7 Å². The molecule has 1 aromatic heterocycles. The summed E-state index contributed by atoms with van der Waals surface area (Å²) in [5.74, 6) is -0.167. The van der Waals surface area contributed by atoms with Gasteiger partial charge in [-0.3, -0.25) is 4.79 Å². The smallest absolute Gasteiger partial charge is 0.233 e. The molecule has 0 aliphatic heterocycles. The van der Waals surface area contributed by atoms with Crippen molar-refractivity contribution in [2.24, 2.45) is 0 Å². The van der Waals surface area contributed by atoms with Gasteiger partial charge in [-0.2, -0.15) is 0 Å². The van der Waals surface area contributed by atoms with E-state index in [1.54, 1.807) is 18.2 Å². The second-order valence-corrected chi connectivity index (χ2v) is 8.86. The highest BCUT2D eigenvalue weighted by Crippen LogP contribution is 2.31. The number of hydrogen-bond donors (Lipinski definition) is 2. The van der Waals surface area contributed by atoms with Crippen molar-refractivity contribution in [1.29, 1.82) is 0 Å². The first-order valence-corrected chi connectivity index (χ1v) is 10.6. The Morgan fingerprint density at radius 2 is 1.82 bits per heavy atom. The number of hydrogen-bond acceptors (Lipinski definition) is 6. The molecule has 3 rings (SSSR count). The lowest BCUT2D eigenvalue weighted by Crippen LogP contribution is -2.33. The van der Waals surface area contributed by atoms with Gasteiger partial charge in [-0.15, -0.1) is 10.2 Å². The zero-order chi connectivity index (χ0) is 19.9. The molecule has 0 fully saturated rings. The van der Waals surface area contributed by atoms with Crippen LogP contribution in [0, 0.1) is 5.82 Å². The van der Waals surface area contributed by atoms with Gasteiger partial charge in [0.2, 0.25) is 11.0 Å². The number of rotatable bonds is 8. The van der Waals surface area contributed by atoms with Crippen molar-refractivity contribution in [3.05, 3.63) is 66.0 Å². The number of aromatic nitrogens is 2. The number of nitrogens with one attached hydrogen (secondary N) is 2. The molecule has 0 spiro atoms. The lowest BCUT2D eigenvalue weighted by atomic mass is 10.0. The van der Waals surface area contributed by atoms with Gasteiger partial charge in [0.25, 0.3) is 0 Å². The molecule has 2 N–H and O–H groups in total. The van der Waals surface area contributed by atoms with E-state index in [2.05, 4.69) is 39.9 Å². The van der Waals surface area contributed by atoms with Crippen molar-refractivity contribution in [2.75, 3.05) is 11.9 Å². The summed E-state index contributed by atoms with van der Waals surface area (Å²) >= 11 is 2.62. The molecule has 0 bridgehead atoms. The van der Waals surface area contributed by atoms with Crippen LogP contribution in [-0.2, 0) is 4.79 Å². The molecule has 1 amide bonds. The summed E-state index contributed by atoms with van der Waals surface area (Å²) in [4.78, 5) is 12.4. The Morgan fingerprint density at radius 1 is 1.11 bits per heavy atom. The number of para-hydroxylation sites is 1. The molecule has 2 aromatic carbocycles. The molecule has 0 radical (unpaired) electrons. The SMILES string of the molecule is CC(Sc1nnc(Nc2ccccc2F)s1)C(=O)NCC(C)c1ccccc1. The average molecular weight is 417 g/mol. The van der Waals surface area contributed by atoms with Gasteiger partial charge in [-0.25, -0.2) is 4.39 Å². The summed E-state index contributed by atoms with van der Waals surface area (Å²) in [5, 5.41) is 14.2. The van der Waals surface area contributed by atoms with E-state index in [1.807, 2.05) is 25.1 Å². The fourth-order valence-corrected chi connectivity index (χ4v) is 4.42. The fourth-order valence-electron chi connectivity index (χ4n) is 2.49. The largest absolute Gasteiger partial charge is 0.355 e. The Morgan fingerprint density at radius 3 is 2.57 bits per heavy atom. The third-order valence-corrected chi connectivity index (χ3v) is 6.14. The molecule has 1 heterocycles. The van der Waals surface area contributed by atoms with Gasteiger partial charge < -0.3 is 10.6 Å². The van der Waals surface area contributed by atoms with E-state index in [-0.39, 0.29) is 22.9 Å². The number of anilines is 2. The molecule has 5 nitrogen and oxygen atoms in total. The van der Waals surface area contributed by atoms with E-state index in [9.17, 15) is 9.18 Å². The van der Waals surface area contributed by atoms with Gasteiger partial charge in [0.15, 0.2) is 4.34 Å². The Bertz CT molecular complexity index is 919. The summed E-state index contributed by atoms with van der Waals surface area (Å²) in [5.41, 5.74) is 1.53. The van der Waals surface area contributed by atoms with Crippen LogP contribution in [0.15, 0.2) is 58.9 Å². The van der Waals surface area contributed by atoms with Gasteiger partial charge in [0, 0.05) is 6.54 Å². The Kier molecular flexibility index (Phi) is 7.00. The molecule has 0 saturated heterocycles. The molecule has 8 heteroatoms. The lowest BCUT2D eigenvalue weighted by molar-refractivity contribution is -0.120. The topological polar surface area (TPSA) is 66.9 Å². The quantitative estimate of drug-likeness (QED) is 0.515. The molecule has 0 aliphatic rings. The van der Waals surface area contributed by atoms with Gasteiger partial charge in [-0.05, 0) is 30.5 Å².